The van der Waals surface area contributed by atoms with Gasteiger partial charge in [0, 0.05) is 12.3 Å². The molecule has 0 aromatic heterocycles. The van der Waals surface area contributed by atoms with E-state index in [1.54, 1.807) is 12.1 Å². The van der Waals surface area contributed by atoms with Gasteiger partial charge in [0.1, 0.15) is 17.1 Å². The summed E-state index contributed by atoms with van der Waals surface area (Å²) < 4.78 is 6.21. The molecule has 2 aromatic rings. The summed E-state index contributed by atoms with van der Waals surface area (Å²) in [4.78, 5) is 13.1. The van der Waals surface area contributed by atoms with Crippen LogP contribution in [-0.2, 0) is 21.6 Å². The van der Waals surface area contributed by atoms with Crippen LogP contribution in [0.2, 0.25) is 0 Å². The molecule has 158 valence electrons. The number of aryl methyl sites for hydroxylation is 1. The SMILES string of the molecule is O=C1OC(c2ccccc2)(C2CCCCC2)CC(O)=C1CCCc1cccc(O)c1. The normalized spacial score (nSPS) is 22.7. The summed E-state index contributed by atoms with van der Waals surface area (Å²) in [7, 11) is 0. The zero-order valence-corrected chi connectivity index (χ0v) is 17.3. The zero-order chi connectivity index (χ0) is 21.0. The molecule has 1 saturated carbocycles. The predicted octanol–water partition coefficient (Wildman–Crippen LogP) is 5.95. The van der Waals surface area contributed by atoms with Crippen molar-refractivity contribution in [2.24, 2.45) is 5.92 Å². The van der Waals surface area contributed by atoms with Gasteiger partial charge >= 0.3 is 5.97 Å². The Morgan fingerprint density at radius 2 is 1.70 bits per heavy atom. The molecule has 2 N–H and O–H groups in total. The number of phenols is 1. The summed E-state index contributed by atoms with van der Waals surface area (Å²) in [6.45, 7) is 0. The van der Waals surface area contributed by atoms with E-state index in [9.17, 15) is 15.0 Å². The lowest BCUT2D eigenvalue weighted by atomic mass is 9.70. The van der Waals surface area contributed by atoms with E-state index in [0.29, 0.717) is 24.8 Å². The number of aliphatic hydroxyl groups excluding tert-OH is 1. The third kappa shape index (κ3) is 4.23. The van der Waals surface area contributed by atoms with Crippen molar-refractivity contribution in [3.63, 3.8) is 0 Å². The molecule has 1 aliphatic carbocycles. The summed E-state index contributed by atoms with van der Waals surface area (Å²) in [5.74, 6) is 0.265. The Kier molecular flexibility index (Phi) is 6.12. The maximum Gasteiger partial charge on any atom is 0.338 e. The Labute approximate surface area is 178 Å². The molecule has 4 rings (SSSR count). The average molecular weight is 407 g/mol. The highest BCUT2D eigenvalue weighted by atomic mass is 16.6. The van der Waals surface area contributed by atoms with Gasteiger partial charge in [-0.1, -0.05) is 61.7 Å². The van der Waals surface area contributed by atoms with E-state index in [4.69, 9.17) is 4.74 Å². The maximum atomic E-state index is 13.1. The van der Waals surface area contributed by atoms with Crippen LogP contribution in [-0.4, -0.2) is 16.2 Å². The Morgan fingerprint density at radius 1 is 0.933 bits per heavy atom. The molecule has 1 unspecified atom stereocenters. The number of cyclic esters (lactones) is 1. The van der Waals surface area contributed by atoms with Gasteiger partial charge in [-0.2, -0.15) is 0 Å². The molecule has 1 aliphatic heterocycles. The van der Waals surface area contributed by atoms with E-state index in [0.717, 1.165) is 43.2 Å². The van der Waals surface area contributed by atoms with Gasteiger partial charge in [-0.25, -0.2) is 4.79 Å². The molecule has 0 spiro atoms. The van der Waals surface area contributed by atoms with Crippen LogP contribution in [0.3, 0.4) is 0 Å². The number of hydrogen-bond acceptors (Lipinski definition) is 4. The van der Waals surface area contributed by atoms with Gasteiger partial charge < -0.3 is 14.9 Å². The molecule has 0 amide bonds. The lowest BCUT2D eigenvalue weighted by Crippen LogP contribution is -2.44. The zero-order valence-electron chi connectivity index (χ0n) is 17.3. The summed E-state index contributed by atoms with van der Waals surface area (Å²) in [6, 6.07) is 17.1. The molecule has 0 bridgehead atoms. The highest BCUT2D eigenvalue weighted by Gasteiger charge is 2.48. The topological polar surface area (TPSA) is 66.8 Å². The first-order valence-electron chi connectivity index (χ1n) is 11.1. The van der Waals surface area contributed by atoms with Crippen LogP contribution in [0, 0.1) is 5.92 Å². The number of benzene rings is 2. The number of rotatable bonds is 6. The smallest absolute Gasteiger partial charge is 0.338 e. The second kappa shape index (κ2) is 8.95. The second-order valence-electron chi connectivity index (χ2n) is 8.61. The van der Waals surface area contributed by atoms with Crippen LogP contribution in [0.5, 0.6) is 5.75 Å². The minimum atomic E-state index is -0.766. The van der Waals surface area contributed by atoms with Crippen LogP contribution in [0.15, 0.2) is 65.9 Å². The highest BCUT2D eigenvalue weighted by molar-refractivity contribution is 5.90. The first-order valence-corrected chi connectivity index (χ1v) is 11.1. The van der Waals surface area contributed by atoms with Gasteiger partial charge in [0.25, 0.3) is 0 Å². The Hall–Kier alpha value is -2.75. The fourth-order valence-corrected chi connectivity index (χ4v) is 5.08. The third-order valence-corrected chi connectivity index (χ3v) is 6.63. The quantitative estimate of drug-likeness (QED) is 0.582. The number of carbonyl (C=O) groups is 1. The van der Waals surface area contributed by atoms with Crippen molar-refractivity contribution in [3.05, 3.63) is 77.1 Å². The van der Waals surface area contributed by atoms with Crippen molar-refractivity contribution in [2.75, 3.05) is 0 Å². The van der Waals surface area contributed by atoms with Crippen molar-refractivity contribution in [1.82, 2.24) is 0 Å². The largest absolute Gasteiger partial charge is 0.512 e. The number of aliphatic hydroxyl groups is 1. The third-order valence-electron chi connectivity index (χ3n) is 6.63. The molecule has 1 heterocycles. The first-order chi connectivity index (χ1) is 14.6. The Bertz CT molecular complexity index is 912. The molecule has 4 heteroatoms. The van der Waals surface area contributed by atoms with E-state index in [-0.39, 0.29) is 23.4 Å². The number of carbonyl (C=O) groups excluding carboxylic acids is 1. The molecule has 2 aliphatic rings. The summed E-state index contributed by atoms with van der Waals surface area (Å²) in [6.07, 6.45) is 7.79. The van der Waals surface area contributed by atoms with Crippen molar-refractivity contribution >= 4 is 5.97 Å². The molecular formula is C26H30O4. The van der Waals surface area contributed by atoms with Gasteiger partial charge in [-0.15, -0.1) is 0 Å². The standard InChI is InChI=1S/C26H30O4/c27-22-15-7-9-19(17-22)10-8-16-23-24(28)18-26(30-25(23)29,20-11-3-1-4-12-20)21-13-5-2-6-14-21/h1,3-4,7,9,11-12,15,17,21,27-28H,2,5-6,8,10,13-14,16,18H2. The number of esters is 1. The van der Waals surface area contributed by atoms with Gasteiger partial charge in [0.2, 0.25) is 0 Å². The van der Waals surface area contributed by atoms with E-state index in [1.165, 1.54) is 6.42 Å². The van der Waals surface area contributed by atoms with Crippen LogP contribution in [0.1, 0.15) is 62.5 Å². The lowest BCUT2D eigenvalue weighted by molar-refractivity contribution is -0.171. The van der Waals surface area contributed by atoms with E-state index in [1.807, 2.05) is 42.5 Å². The monoisotopic (exact) mass is 406 g/mol. The number of phenolic OH excluding ortho intramolecular Hbond substituents is 1. The van der Waals surface area contributed by atoms with Crippen molar-refractivity contribution in [2.45, 2.75) is 63.4 Å². The fourth-order valence-electron chi connectivity index (χ4n) is 5.08. The van der Waals surface area contributed by atoms with Crippen LogP contribution >= 0.6 is 0 Å². The molecule has 0 radical (unpaired) electrons. The lowest BCUT2D eigenvalue weighted by Gasteiger charge is -2.44. The number of ether oxygens (including phenoxy) is 1. The minimum absolute atomic E-state index is 0.177. The molecular weight excluding hydrogens is 376 g/mol. The van der Waals surface area contributed by atoms with Gasteiger partial charge in [0.15, 0.2) is 0 Å². The Morgan fingerprint density at radius 3 is 2.40 bits per heavy atom. The molecule has 1 fully saturated rings. The fraction of sp³-hybridized carbons (Fsp3) is 0.423. The summed E-state index contributed by atoms with van der Waals surface area (Å²) in [5, 5.41) is 20.6. The van der Waals surface area contributed by atoms with Gasteiger partial charge in [-0.3, -0.25) is 0 Å². The predicted molar refractivity (Wildman–Crippen MR) is 116 cm³/mol. The highest BCUT2D eigenvalue weighted by Crippen LogP contribution is 2.49. The van der Waals surface area contributed by atoms with Crippen LogP contribution < -0.4 is 0 Å². The first kappa shape index (κ1) is 20.5. The second-order valence-corrected chi connectivity index (χ2v) is 8.61. The molecule has 4 nitrogen and oxygen atoms in total. The van der Waals surface area contributed by atoms with E-state index < -0.39 is 5.60 Å². The average Bonchev–Trinajstić information content (AvgIpc) is 2.77. The van der Waals surface area contributed by atoms with E-state index >= 15 is 0 Å². The van der Waals surface area contributed by atoms with E-state index in [2.05, 4.69) is 0 Å². The number of hydrogen-bond donors (Lipinski definition) is 2. The van der Waals surface area contributed by atoms with Crippen molar-refractivity contribution in [3.8, 4) is 5.75 Å². The van der Waals surface area contributed by atoms with Gasteiger partial charge in [0.05, 0.1) is 5.57 Å². The van der Waals surface area contributed by atoms with Crippen LogP contribution in [0.4, 0.5) is 0 Å². The molecule has 1 atom stereocenters. The van der Waals surface area contributed by atoms with Gasteiger partial charge in [-0.05, 0) is 55.4 Å². The number of aromatic hydroxyl groups is 1. The Balaban J connectivity index is 1.54. The van der Waals surface area contributed by atoms with Crippen LogP contribution in [0.25, 0.3) is 0 Å². The summed E-state index contributed by atoms with van der Waals surface area (Å²) in [5.41, 5.74) is 1.63. The minimum Gasteiger partial charge on any atom is -0.512 e. The van der Waals surface area contributed by atoms with Crippen molar-refractivity contribution < 1.29 is 19.7 Å². The molecule has 2 aromatic carbocycles. The summed E-state index contributed by atoms with van der Waals surface area (Å²) >= 11 is 0. The molecule has 0 saturated heterocycles. The molecule has 30 heavy (non-hydrogen) atoms. The van der Waals surface area contributed by atoms with Crippen molar-refractivity contribution in [1.29, 1.82) is 0 Å². The maximum absolute atomic E-state index is 13.1.